The molecule has 1 atom stereocenters. The average Bonchev–Trinajstić information content (AvgIpc) is 3.44. The molecule has 0 fully saturated rings. The molecule has 9 heteroatoms. The summed E-state index contributed by atoms with van der Waals surface area (Å²) in [5, 5.41) is 3.29. The van der Waals surface area contributed by atoms with Crippen LogP contribution in [0.4, 0.5) is 5.00 Å². The average molecular weight is 533 g/mol. The third kappa shape index (κ3) is 5.06. The van der Waals surface area contributed by atoms with Gasteiger partial charge < -0.3 is 19.2 Å². The van der Waals surface area contributed by atoms with Crippen molar-refractivity contribution in [3.05, 3.63) is 70.1 Å². The van der Waals surface area contributed by atoms with E-state index in [-0.39, 0.29) is 12.0 Å². The van der Waals surface area contributed by atoms with E-state index in [1.165, 1.54) is 18.4 Å². The fourth-order valence-electron chi connectivity index (χ4n) is 4.69. The van der Waals surface area contributed by atoms with Gasteiger partial charge in [-0.2, -0.15) is 0 Å². The number of hydrogen-bond donors (Lipinski definition) is 1. The van der Waals surface area contributed by atoms with E-state index in [2.05, 4.69) is 10.3 Å². The van der Waals surface area contributed by atoms with Crippen LogP contribution in [-0.4, -0.2) is 36.0 Å². The number of carbonyl (C=O) groups is 3. The van der Waals surface area contributed by atoms with E-state index in [1.807, 2.05) is 18.2 Å². The first-order valence-corrected chi connectivity index (χ1v) is 13.5. The quantitative estimate of drug-likeness (QED) is 0.223. The number of aromatic nitrogens is 1. The largest absolute Gasteiger partial charge is 0.465 e. The Morgan fingerprint density at radius 3 is 2.58 bits per heavy atom. The van der Waals surface area contributed by atoms with Gasteiger partial charge in [-0.05, 0) is 61.9 Å². The van der Waals surface area contributed by atoms with Crippen LogP contribution < -0.4 is 5.32 Å². The highest BCUT2D eigenvalue weighted by Gasteiger charge is 2.30. The fraction of sp³-hybridized carbons (Fsp3) is 0.310. The van der Waals surface area contributed by atoms with Gasteiger partial charge in [0.15, 0.2) is 11.7 Å². The Kier molecular flexibility index (Phi) is 7.55. The van der Waals surface area contributed by atoms with Crippen molar-refractivity contribution in [1.82, 2.24) is 4.98 Å². The third-order valence-corrected chi connectivity index (χ3v) is 7.84. The number of fused-ring (bicyclic) bond motifs is 2. The number of esters is 2. The number of benzene rings is 2. The van der Waals surface area contributed by atoms with Crippen LogP contribution in [0.2, 0.25) is 0 Å². The Hall–Kier alpha value is -3.98. The van der Waals surface area contributed by atoms with E-state index in [1.54, 1.807) is 37.3 Å². The highest BCUT2D eigenvalue weighted by atomic mass is 32.1. The highest BCUT2D eigenvalue weighted by Crippen LogP contribution is 2.38. The fourth-order valence-corrected chi connectivity index (χ4v) is 5.97. The summed E-state index contributed by atoms with van der Waals surface area (Å²) in [6.45, 7) is 1.76. The van der Waals surface area contributed by atoms with Crippen molar-refractivity contribution in [2.45, 2.75) is 51.6 Å². The molecule has 5 rings (SSSR count). The minimum atomic E-state index is -1.06. The summed E-state index contributed by atoms with van der Waals surface area (Å²) in [6, 6.07) is 14.2. The second-order valence-electron chi connectivity index (χ2n) is 9.08. The van der Waals surface area contributed by atoms with Crippen molar-refractivity contribution in [2.24, 2.45) is 0 Å². The standard InChI is InChI=1S/C29H28N2O6S/c1-3-21(25(32)31-27-24(29(34)35-2)19-13-5-4-6-16-23(19)38-27)37-28(33)18-12-8-7-11-17(18)26-30-20-14-9-10-15-22(20)36-26/h7-12,14-15,21H,3-6,13,16H2,1-2H3,(H,31,32). The molecule has 2 aromatic heterocycles. The van der Waals surface area contributed by atoms with Crippen LogP contribution in [0.15, 0.2) is 52.9 Å². The molecule has 8 nitrogen and oxygen atoms in total. The lowest BCUT2D eigenvalue weighted by Gasteiger charge is -2.17. The predicted octanol–water partition coefficient (Wildman–Crippen LogP) is 6.19. The van der Waals surface area contributed by atoms with Crippen molar-refractivity contribution in [3.63, 3.8) is 0 Å². The van der Waals surface area contributed by atoms with Gasteiger partial charge in [-0.25, -0.2) is 14.6 Å². The number of carbonyl (C=O) groups excluding carboxylic acids is 3. The van der Waals surface area contributed by atoms with Gasteiger partial charge in [-0.1, -0.05) is 37.6 Å². The van der Waals surface area contributed by atoms with Crippen molar-refractivity contribution >= 4 is 45.3 Å². The lowest BCUT2D eigenvalue weighted by molar-refractivity contribution is -0.124. The van der Waals surface area contributed by atoms with Crippen LogP contribution in [0.3, 0.4) is 0 Å². The SMILES string of the molecule is CCC(OC(=O)c1ccccc1-c1nc2ccccc2o1)C(=O)Nc1sc2c(c1C(=O)OC)CCCCC2. The Morgan fingerprint density at radius 1 is 1.03 bits per heavy atom. The maximum absolute atomic E-state index is 13.3. The number of aryl methyl sites for hydroxylation is 1. The summed E-state index contributed by atoms with van der Waals surface area (Å²) in [4.78, 5) is 44.7. The summed E-state index contributed by atoms with van der Waals surface area (Å²) >= 11 is 1.40. The van der Waals surface area contributed by atoms with E-state index in [0.29, 0.717) is 33.1 Å². The first-order chi connectivity index (χ1) is 18.5. The molecule has 0 radical (unpaired) electrons. The molecule has 0 aliphatic heterocycles. The molecular weight excluding hydrogens is 504 g/mol. The number of rotatable bonds is 7. The van der Waals surface area contributed by atoms with Gasteiger partial charge in [0.25, 0.3) is 5.91 Å². The minimum absolute atomic E-state index is 0.239. The summed E-state index contributed by atoms with van der Waals surface area (Å²) < 4.78 is 16.6. The first-order valence-electron chi connectivity index (χ1n) is 12.7. The molecular formula is C29H28N2O6S. The molecule has 0 spiro atoms. The Morgan fingerprint density at radius 2 is 1.79 bits per heavy atom. The summed E-state index contributed by atoms with van der Waals surface area (Å²) in [5.41, 5.74) is 3.35. The van der Waals surface area contributed by atoms with Gasteiger partial charge in [0.1, 0.15) is 10.5 Å². The Balaban J connectivity index is 1.38. The Labute approximate surface area is 224 Å². The van der Waals surface area contributed by atoms with Gasteiger partial charge >= 0.3 is 11.9 Å². The molecule has 1 unspecified atom stereocenters. The molecule has 0 saturated carbocycles. The van der Waals surface area contributed by atoms with E-state index in [4.69, 9.17) is 13.9 Å². The summed E-state index contributed by atoms with van der Waals surface area (Å²) in [6.07, 6.45) is 3.94. The normalized spacial score (nSPS) is 13.8. The number of oxazole rings is 1. The van der Waals surface area contributed by atoms with E-state index in [9.17, 15) is 14.4 Å². The minimum Gasteiger partial charge on any atom is -0.465 e. The molecule has 38 heavy (non-hydrogen) atoms. The second kappa shape index (κ2) is 11.2. The van der Waals surface area contributed by atoms with E-state index >= 15 is 0 Å². The van der Waals surface area contributed by atoms with Crippen molar-refractivity contribution in [2.75, 3.05) is 12.4 Å². The predicted molar refractivity (Wildman–Crippen MR) is 144 cm³/mol. The smallest absolute Gasteiger partial charge is 0.341 e. The molecule has 4 aromatic rings. The maximum Gasteiger partial charge on any atom is 0.341 e. The molecule has 1 amide bonds. The molecule has 1 aliphatic carbocycles. The topological polar surface area (TPSA) is 108 Å². The second-order valence-corrected chi connectivity index (χ2v) is 10.2. The van der Waals surface area contributed by atoms with Crippen LogP contribution in [-0.2, 0) is 27.1 Å². The zero-order chi connectivity index (χ0) is 26.6. The molecule has 0 saturated heterocycles. The third-order valence-electron chi connectivity index (χ3n) is 6.63. The highest BCUT2D eigenvalue weighted by molar-refractivity contribution is 7.17. The maximum atomic E-state index is 13.3. The monoisotopic (exact) mass is 532 g/mol. The van der Waals surface area contributed by atoms with Gasteiger partial charge in [-0.3, -0.25) is 4.79 Å². The van der Waals surface area contributed by atoms with Gasteiger partial charge in [0, 0.05) is 4.88 Å². The number of anilines is 1. The molecule has 2 heterocycles. The summed E-state index contributed by atoms with van der Waals surface area (Å²) in [5.74, 6) is -1.35. The van der Waals surface area contributed by atoms with Crippen molar-refractivity contribution in [1.29, 1.82) is 0 Å². The Bertz CT molecular complexity index is 1470. The lowest BCUT2D eigenvalue weighted by Crippen LogP contribution is -2.32. The number of hydrogen-bond acceptors (Lipinski definition) is 8. The molecule has 1 N–H and O–H groups in total. The number of ether oxygens (including phenoxy) is 2. The zero-order valence-corrected chi connectivity index (χ0v) is 22.1. The number of nitrogens with one attached hydrogen (secondary N) is 1. The first kappa shape index (κ1) is 25.7. The van der Waals surface area contributed by atoms with E-state index < -0.39 is 23.9 Å². The zero-order valence-electron chi connectivity index (χ0n) is 21.2. The molecule has 196 valence electrons. The van der Waals surface area contributed by atoms with Crippen LogP contribution in [0.25, 0.3) is 22.6 Å². The number of amides is 1. The molecule has 0 bridgehead atoms. The van der Waals surface area contributed by atoms with Crippen LogP contribution in [0, 0.1) is 0 Å². The van der Waals surface area contributed by atoms with Gasteiger partial charge in [0.2, 0.25) is 5.89 Å². The van der Waals surface area contributed by atoms with Crippen molar-refractivity contribution < 1.29 is 28.3 Å². The van der Waals surface area contributed by atoms with Crippen molar-refractivity contribution in [3.8, 4) is 11.5 Å². The van der Waals surface area contributed by atoms with Gasteiger partial charge in [0.05, 0.1) is 23.8 Å². The van der Waals surface area contributed by atoms with E-state index in [0.717, 1.165) is 42.5 Å². The number of methoxy groups -OCH3 is 1. The lowest BCUT2D eigenvalue weighted by atomic mass is 10.1. The number of para-hydroxylation sites is 2. The number of nitrogens with zero attached hydrogens (tertiary/aromatic N) is 1. The molecule has 2 aromatic carbocycles. The van der Waals surface area contributed by atoms with Crippen LogP contribution in [0.5, 0.6) is 0 Å². The van der Waals surface area contributed by atoms with Crippen LogP contribution in [0.1, 0.15) is 63.8 Å². The number of thiophene rings is 1. The van der Waals surface area contributed by atoms with Crippen LogP contribution >= 0.6 is 11.3 Å². The molecule has 1 aliphatic rings. The van der Waals surface area contributed by atoms with Gasteiger partial charge in [-0.15, -0.1) is 11.3 Å². The summed E-state index contributed by atoms with van der Waals surface area (Å²) in [7, 11) is 1.33.